The number of hydrogen-bond acceptors (Lipinski definition) is 4. The molecule has 1 aliphatic rings. The summed E-state index contributed by atoms with van der Waals surface area (Å²) in [6.45, 7) is 5.53. The van der Waals surface area contributed by atoms with Crippen molar-refractivity contribution in [1.82, 2.24) is 20.5 Å². The minimum Gasteiger partial charge on any atom is -0.367 e. The molecule has 0 radical (unpaired) electrons. The maximum Gasteiger partial charge on any atom is 0.251 e. The molecule has 1 aromatic carbocycles. The van der Waals surface area contributed by atoms with Crippen LogP contribution in [-0.2, 0) is 0 Å². The number of nitrogens with zero attached hydrogens (tertiary/aromatic N) is 1. The van der Waals surface area contributed by atoms with Crippen molar-refractivity contribution in [2.75, 3.05) is 39.3 Å². The Hall–Kier alpha value is -2.15. The lowest BCUT2D eigenvalue weighted by atomic mass is 10.0. The number of nitrogens with one attached hydrogen (secondary N) is 3. The van der Waals surface area contributed by atoms with Crippen LogP contribution in [0.3, 0.4) is 0 Å². The quantitative estimate of drug-likeness (QED) is 0.677. The van der Waals surface area contributed by atoms with Crippen LogP contribution < -0.4 is 10.6 Å². The van der Waals surface area contributed by atoms with Crippen LogP contribution in [0.2, 0.25) is 0 Å². The monoisotopic (exact) mass is 362 g/mol. The van der Waals surface area contributed by atoms with Crippen molar-refractivity contribution < 1.29 is 9.59 Å². The fourth-order valence-corrected chi connectivity index (χ4v) is 2.77. The van der Waals surface area contributed by atoms with E-state index in [0.29, 0.717) is 23.2 Å². The summed E-state index contributed by atoms with van der Waals surface area (Å²) in [4.78, 5) is 29.6. The number of hydrogen-bond donors (Lipinski definition) is 3. The third-order valence-electron chi connectivity index (χ3n) is 4.19. The number of carbonyl (C=O) groups excluding carboxylic acids is 2. The van der Waals surface area contributed by atoms with Gasteiger partial charge in [-0.1, -0.05) is 12.1 Å². The van der Waals surface area contributed by atoms with E-state index in [1.54, 1.807) is 42.7 Å². The van der Waals surface area contributed by atoms with Gasteiger partial charge in [0.25, 0.3) is 5.91 Å². The molecule has 25 heavy (non-hydrogen) atoms. The second kappa shape index (κ2) is 9.36. The summed E-state index contributed by atoms with van der Waals surface area (Å²) < 4.78 is 0. The smallest absolute Gasteiger partial charge is 0.251 e. The van der Waals surface area contributed by atoms with Gasteiger partial charge < -0.3 is 15.6 Å². The Labute approximate surface area is 153 Å². The fourth-order valence-electron chi connectivity index (χ4n) is 2.77. The van der Waals surface area contributed by atoms with E-state index in [9.17, 15) is 9.59 Å². The summed E-state index contributed by atoms with van der Waals surface area (Å²) in [5, 5.41) is 6.24. The summed E-state index contributed by atoms with van der Waals surface area (Å²) in [7, 11) is 0. The SMILES string of the molecule is Cl.O=C(NCCN1CCNCC1)c1ccc(C(=O)c2cc[nH]c2)cc1. The molecule has 3 rings (SSSR count). The van der Waals surface area contributed by atoms with E-state index < -0.39 is 0 Å². The molecule has 6 nitrogen and oxygen atoms in total. The molecule has 1 aromatic heterocycles. The lowest BCUT2D eigenvalue weighted by molar-refractivity contribution is 0.0946. The molecule has 3 N–H and O–H groups in total. The highest BCUT2D eigenvalue weighted by molar-refractivity contribution is 6.09. The third kappa shape index (κ3) is 5.16. The molecule has 1 amide bonds. The topological polar surface area (TPSA) is 77.2 Å². The number of aromatic amines is 1. The second-order valence-corrected chi connectivity index (χ2v) is 5.85. The lowest BCUT2D eigenvalue weighted by Gasteiger charge is -2.27. The zero-order chi connectivity index (χ0) is 16.8. The number of piperazine rings is 1. The fraction of sp³-hybridized carbons (Fsp3) is 0.333. The molecule has 0 atom stereocenters. The van der Waals surface area contributed by atoms with Gasteiger partial charge in [-0.2, -0.15) is 0 Å². The first-order valence-electron chi connectivity index (χ1n) is 8.23. The van der Waals surface area contributed by atoms with Crippen molar-refractivity contribution in [1.29, 1.82) is 0 Å². The van der Waals surface area contributed by atoms with Gasteiger partial charge >= 0.3 is 0 Å². The first kappa shape index (κ1) is 19.2. The van der Waals surface area contributed by atoms with Gasteiger partial charge in [0.2, 0.25) is 0 Å². The average molecular weight is 363 g/mol. The molecule has 1 fully saturated rings. The second-order valence-electron chi connectivity index (χ2n) is 5.85. The van der Waals surface area contributed by atoms with E-state index in [4.69, 9.17) is 0 Å². The Kier molecular flexibility index (Phi) is 7.18. The summed E-state index contributed by atoms with van der Waals surface area (Å²) in [5.74, 6) is -0.160. The van der Waals surface area contributed by atoms with Crippen LogP contribution in [0.5, 0.6) is 0 Å². The molecule has 134 valence electrons. The number of rotatable bonds is 6. The number of H-pyrrole nitrogens is 1. The third-order valence-corrected chi connectivity index (χ3v) is 4.19. The maximum atomic E-state index is 12.2. The summed E-state index contributed by atoms with van der Waals surface area (Å²) in [6, 6.07) is 8.51. The van der Waals surface area contributed by atoms with E-state index in [1.807, 2.05) is 0 Å². The number of benzene rings is 1. The van der Waals surface area contributed by atoms with E-state index in [-0.39, 0.29) is 24.1 Å². The van der Waals surface area contributed by atoms with Gasteiger partial charge in [0.15, 0.2) is 5.78 Å². The lowest BCUT2D eigenvalue weighted by Crippen LogP contribution is -2.46. The van der Waals surface area contributed by atoms with Gasteiger partial charge in [-0.3, -0.25) is 14.5 Å². The molecule has 0 spiro atoms. The minimum absolute atomic E-state index is 0. The Bertz CT molecular complexity index is 680. The standard InChI is InChI=1S/C18H22N4O2.ClH/c23-17(16-5-6-20-13-16)14-1-3-15(4-2-14)18(24)21-9-12-22-10-7-19-8-11-22;/h1-6,13,19-20H,7-12H2,(H,21,24);1H. The van der Waals surface area contributed by atoms with Crippen molar-refractivity contribution in [3.63, 3.8) is 0 Å². The highest BCUT2D eigenvalue weighted by Gasteiger charge is 2.12. The molecular weight excluding hydrogens is 340 g/mol. The Morgan fingerprint density at radius 3 is 2.32 bits per heavy atom. The van der Waals surface area contributed by atoms with Crippen molar-refractivity contribution in [2.45, 2.75) is 0 Å². The van der Waals surface area contributed by atoms with Gasteiger partial charge in [-0.15, -0.1) is 12.4 Å². The van der Waals surface area contributed by atoms with Gasteiger partial charge in [-0.05, 0) is 18.2 Å². The molecule has 1 aliphatic heterocycles. The zero-order valence-corrected chi connectivity index (χ0v) is 14.8. The zero-order valence-electron chi connectivity index (χ0n) is 14.0. The molecule has 0 bridgehead atoms. The molecule has 2 aromatic rings. The van der Waals surface area contributed by atoms with E-state index in [2.05, 4.69) is 20.5 Å². The first-order valence-corrected chi connectivity index (χ1v) is 8.23. The number of aromatic nitrogens is 1. The van der Waals surface area contributed by atoms with Gasteiger partial charge in [0, 0.05) is 68.4 Å². The number of carbonyl (C=O) groups is 2. The van der Waals surface area contributed by atoms with E-state index in [1.165, 1.54) is 0 Å². The van der Waals surface area contributed by atoms with Crippen LogP contribution in [0.4, 0.5) is 0 Å². The van der Waals surface area contributed by atoms with Gasteiger partial charge in [0.05, 0.1) is 0 Å². The molecule has 0 saturated carbocycles. The predicted molar refractivity (Wildman–Crippen MR) is 99.6 cm³/mol. The molecule has 7 heteroatoms. The average Bonchev–Trinajstić information content (AvgIpc) is 3.17. The van der Waals surface area contributed by atoms with Crippen molar-refractivity contribution in [2.24, 2.45) is 0 Å². The van der Waals surface area contributed by atoms with Crippen LogP contribution in [0.25, 0.3) is 0 Å². The predicted octanol–water partition coefficient (Wildman–Crippen LogP) is 1.30. The Morgan fingerprint density at radius 1 is 1.00 bits per heavy atom. The largest absolute Gasteiger partial charge is 0.367 e. The van der Waals surface area contributed by atoms with Crippen molar-refractivity contribution in [3.05, 3.63) is 59.4 Å². The molecule has 1 saturated heterocycles. The molecule has 0 aliphatic carbocycles. The summed E-state index contributed by atoms with van der Waals surface area (Å²) in [6.07, 6.45) is 3.38. The van der Waals surface area contributed by atoms with Crippen LogP contribution in [0, 0.1) is 0 Å². The molecule has 2 heterocycles. The Morgan fingerprint density at radius 2 is 1.68 bits per heavy atom. The van der Waals surface area contributed by atoms with Crippen LogP contribution in [0.15, 0.2) is 42.7 Å². The summed E-state index contributed by atoms with van der Waals surface area (Å²) in [5.41, 5.74) is 1.76. The number of halogens is 1. The van der Waals surface area contributed by atoms with Crippen LogP contribution in [0.1, 0.15) is 26.3 Å². The number of ketones is 1. The Balaban J connectivity index is 0.00000225. The minimum atomic E-state index is -0.106. The first-order chi connectivity index (χ1) is 11.7. The van der Waals surface area contributed by atoms with E-state index >= 15 is 0 Å². The highest BCUT2D eigenvalue weighted by atomic mass is 35.5. The highest BCUT2D eigenvalue weighted by Crippen LogP contribution is 2.10. The maximum absolute atomic E-state index is 12.2. The molecule has 0 unspecified atom stereocenters. The number of amides is 1. The van der Waals surface area contributed by atoms with Crippen LogP contribution >= 0.6 is 12.4 Å². The van der Waals surface area contributed by atoms with Gasteiger partial charge in [-0.25, -0.2) is 0 Å². The normalized spacial score (nSPS) is 14.6. The van der Waals surface area contributed by atoms with Crippen molar-refractivity contribution >= 4 is 24.1 Å². The molecular formula is C18H23ClN4O2. The van der Waals surface area contributed by atoms with Crippen molar-refractivity contribution in [3.8, 4) is 0 Å². The van der Waals surface area contributed by atoms with E-state index in [0.717, 1.165) is 32.7 Å². The van der Waals surface area contributed by atoms with Crippen LogP contribution in [-0.4, -0.2) is 60.8 Å². The van der Waals surface area contributed by atoms with Gasteiger partial charge in [0.1, 0.15) is 0 Å². The summed E-state index contributed by atoms with van der Waals surface area (Å²) >= 11 is 0.